The minimum Gasteiger partial charge on any atom is -0.276 e. The van der Waals surface area contributed by atoms with Gasteiger partial charge in [-0.3, -0.25) is 9.56 Å². The van der Waals surface area contributed by atoms with Crippen molar-refractivity contribution in [3.8, 4) is 17.2 Å². The minimum absolute atomic E-state index is 0.185. The number of aromatic nitrogens is 5. The number of rotatable bonds is 2. The molecule has 6 nitrogen and oxygen atoms in total. The van der Waals surface area contributed by atoms with Gasteiger partial charge in [0.05, 0.1) is 21.4 Å². The first-order chi connectivity index (χ1) is 14.1. The molecule has 2 aromatic carbocycles. The first-order valence-corrected chi connectivity index (χ1v) is 9.39. The lowest BCUT2D eigenvalue weighted by Crippen LogP contribution is -2.11. The molecular weight excluding hydrogens is 414 g/mol. The molecular formula is C20H11Cl2FN6. The fraction of sp³-hybridized carbons (Fsp3) is 0.0500. The van der Waals surface area contributed by atoms with Gasteiger partial charge in [-0.05, 0) is 30.3 Å². The van der Waals surface area contributed by atoms with Crippen molar-refractivity contribution in [2.45, 2.75) is 6.54 Å². The van der Waals surface area contributed by atoms with Gasteiger partial charge in [0.25, 0.3) is 0 Å². The van der Waals surface area contributed by atoms with Gasteiger partial charge in [-0.1, -0.05) is 35.3 Å². The third kappa shape index (κ3) is 2.90. The van der Waals surface area contributed by atoms with Crippen LogP contribution in [0.2, 0.25) is 10.0 Å². The van der Waals surface area contributed by atoms with Gasteiger partial charge < -0.3 is 0 Å². The van der Waals surface area contributed by atoms with Crippen LogP contribution >= 0.6 is 23.2 Å². The molecule has 1 aliphatic heterocycles. The highest BCUT2D eigenvalue weighted by molar-refractivity contribution is 6.45. The summed E-state index contributed by atoms with van der Waals surface area (Å²) in [5, 5.41) is 9.17. The Kier molecular flexibility index (Phi) is 4.34. The van der Waals surface area contributed by atoms with E-state index in [9.17, 15) is 4.39 Å². The summed E-state index contributed by atoms with van der Waals surface area (Å²) in [5.41, 5.74) is 2.49. The summed E-state index contributed by atoms with van der Waals surface area (Å²) < 4.78 is 16.4. The molecule has 0 spiro atoms. The molecule has 3 heterocycles. The number of nitrogens with zero attached hydrogens (tertiary/aromatic N) is 6. The molecule has 5 rings (SSSR count). The van der Waals surface area contributed by atoms with Gasteiger partial charge in [0.15, 0.2) is 11.6 Å². The Morgan fingerprint density at radius 3 is 2.66 bits per heavy atom. The molecule has 4 aromatic rings. The summed E-state index contributed by atoms with van der Waals surface area (Å²) in [6.45, 7) is 0.185. The Hall–Kier alpha value is -3.16. The molecule has 0 saturated carbocycles. The lowest BCUT2D eigenvalue weighted by Gasteiger charge is -2.16. The van der Waals surface area contributed by atoms with Gasteiger partial charge in [0.2, 0.25) is 0 Å². The van der Waals surface area contributed by atoms with Gasteiger partial charge in [0.1, 0.15) is 24.4 Å². The Labute approximate surface area is 174 Å². The van der Waals surface area contributed by atoms with Crippen molar-refractivity contribution < 1.29 is 4.39 Å². The van der Waals surface area contributed by atoms with E-state index >= 15 is 0 Å². The Morgan fingerprint density at radius 2 is 1.86 bits per heavy atom. The van der Waals surface area contributed by atoms with E-state index in [1.165, 1.54) is 12.4 Å². The monoisotopic (exact) mass is 424 g/mol. The topological polar surface area (TPSA) is 68.8 Å². The largest absolute Gasteiger partial charge is 0.276 e. The number of hydrogen-bond acceptors (Lipinski definition) is 5. The summed E-state index contributed by atoms with van der Waals surface area (Å²) in [6.07, 6.45) is 3.06. The van der Waals surface area contributed by atoms with E-state index in [-0.39, 0.29) is 11.6 Å². The zero-order valence-corrected chi connectivity index (χ0v) is 16.2. The van der Waals surface area contributed by atoms with Crippen molar-refractivity contribution in [3.63, 3.8) is 0 Å². The maximum atomic E-state index is 14.6. The van der Waals surface area contributed by atoms with Crippen LogP contribution in [0.15, 0.2) is 60.0 Å². The van der Waals surface area contributed by atoms with Crippen LogP contribution in [0, 0.1) is 5.82 Å². The second-order valence-electron chi connectivity index (χ2n) is 6.27. The first-order valence-electron chi connectivity index (χ1n) is 8.64. The molecule has 0 fully saturated rings. The summed E-state index contributed by atoms with van der Waals surface area (Å²) in [4.78, 5) is 12.8. The van der Waals surface area contributed by atoms with E-state index in [0.717, 1.165) is 0 Å². The van der Waals surface area contributed by atoms with Crippen LogP contribution in [-0.2, 0) is 6.54 Å². The first kappa shape index (κ1) is 17.9. The smallest absolute Gasteiger partial charge is 0.187 e. The Bertz CT molecular complexity index is 1270. The van der Waals surface area contributed by atoms with Crippen LogP contribution in [0.1, 0.15) is 17.0 Å². The van der Waals surface area contributed by atoms with Crippen LogP contribution in [0.5, 0.6) is 0 Å². The Balaban J connectivity index is 1.82. The number of benzene rings is 2. The Morgan fingerprint density at radius 1 is 1.00 bits per heavy atom. The van der Waals surface area contributed by atoms with Crippen LogP contribution < -0.4 is 0 Å². The molecule has 1 aliphatic rings. The molecule has 2 aromatic heterocycles. The minimum atomic E-state index is -0.401. The third-order valence-corrected chi connectivity index (χ3v) is 5.40. The SMILES string of the molecule is Fc1ccccc1C1=NCc2nnc(-c3ccncn3)n2-c2ccc(Cl)c(Cl)c21. The summed E-state index contributed by atoms with van der Waals surface area (Å²) >= 11 is 12.9. The van der Waals surface area contributed by atoms with Gasteiger partial charge >= 0.3 is 0 Å². The van der Waals surface area contributed by atoms with Crippen molar-refractivity contribution in [2.24, 2.45) is 4.99 Å². The van der Waals surface area contributed by atoms with Gasteiger partial charge in [-0.25, -0.2) is 14.4 Å². The van der Waals surface area contributed by atoms with E-state index in [1.54, 1.807) is 42.6 Å². The maximum Gasteiger partial charge on any atom is 0.187 e. The summed E-state index contributed by atoms with van der Waals surface area (Å²) in [7, 11) is 0. The fourth-order valence-corrected chi connectivity index (χ4v) is 3.72. The second-order valence-corrected chi connectivity index (χ2v) is 7.06. The highest BCUT2D eigenvalue weighted by Crippen LogP contribution is 2.37. The van der Waals surface area contributed by atoms with Crippen molar-refractivity contribution in [2.75, 3.05) is 0 Å². The lowest BCUT2D eigenvalue weighted by molar-refractivity contribution is 0.625. The lowest BCUT2D eigenvalue weighted by atomic mass is 9.99. The number of hydrogen-bond donors (Lipinski definition) is 0. The number of aliphatic imine (C=N–C) groups is 1. The highest BCUT2D eigenvalue weighted by Gasteiger charge is 2.27. The molecule has 142 valence electrons. The van der Waals surface area contributed by atoms with Crippen LogP contribution in [0.3, 0.4) is 0 Å². The molecule has 29 heavy (non-hydrogen) atoms. The van der Waals surface area contributed by atoms with Gasteiger partial charge in [-0.2, -0.15) is 0 Å². The normalized spacial score (nSPS) is 12.7. The zero-order chi connectivity index (χ0) is 20.0. The molecule has 0 N–H and O–H groups in total. The van der Waals surface area contributed by atoms with Crippen molar-refractivity contribution in [1.29, 1.82) is 0 Å². The van der Waals surface area contributed by atoms with Crippen LogP contribution in [0.4, 0.5) is 4.39 Å². The molecule has 0 unspecified atom stereocenters. The van der Waals surface area contributed by atoms with Gasteiger partial charge in [-0.15, -0.1) is 10.2 Å². The van der Waals surface area contributed by atoms with Crippen molar-refractivity contribution in [3.05, 3.63) is 87.8 Å². The maximum absolute atomic E-state index is 14.6. The van der Waals surface area contributed by atoms with E-state index < -0.39 is 5.82 Å². The predicted molar refractivity (Wildman–Crippen MR) is 108 cm³/mol. The predicted octanol–water partition coefficient (Wildman–Crippen LogP) is 4.52. The quantitative estimate of drug-likeness (QED) is 0.474. The molecule has 0 atom stereocenters. The molecule has 0 aliphatic carbocycles. The van der Waals surface area contributed by atoms with E-state index in [4.69, 9.17) is 23.2 Å². The fourth-order valence-electron chi connectivity index (χ4n) is 3.31. The van der Waals surface area contributed by atoms with E-state index in [0.29, 0.717) is 44.9 Å². The molecule has 9 heteroatoms. The van der Waals surface area contributed by atoms with Crippen LogP contribution in [-0.4, -0.2) is 30.4 Å². The van der Waals surface area contributed by atoms with Crippen molar-refractivity contribution in [1.82, 2.24) is 24.7 Å². The molecule has 0 amide bonds. The highest BCUT2D eigenvalue weighted by atomic mass is 35.5. The summed E-state index contributed by atoms with van der Waals surface area (Å²) in [5.74, 6) is 0.679. The molecule has 0 saturated heterocycles. The number of halogens is 3. The van der Waals surface area contributed by atoms with E-state index in [1.807, 2.05) is 4.57 Å². The zero-order valence-electron chi connectivity index (χ0n) is 14.7. The van der Waals surface area contributed by atoms with Crippen molar-refractivity contribution >= 4 is 28.9 Å². The van der Waals surface area contributed by atoms with Gasteiger partial charge in [0, 0.05) is 17.3 Å². The van der Waals surface area contributed by atoms with E-state index in [2.05, 4.69) is 25.2 Å². The molecule has 0 radical (unpaired) electrons. The van der Waals surface area contributed by atoms with Crippen LogP contribution in [0.25, 0.3) is 17.2 Å². The molecule has 0 bridgehead atoms. The second kappa shape index (κ2) is 7.02. The summed E-state index contributed by atoms with van der Waals surface area (Å²) in [6, 6.07) is 11.6. The average molecular weight is 425 g/mol. The number of fused-ring (bicyclic) bond motifs is 3. The standard InChI is InChI=1S/C20H11Cl2FN6/c21-12-5-6-15-17(18(12)22)19(11-3-1-2-4-13(11)23)25-9-16-27-28-20(29(15)16)14-7-8-24-10-26-14/h1-8,10H,9H2. The average Bonchev–Trinajstić information content (AvgIpc) is 3.09. The third-order valence-electron chi connectivity index (χ3n) is 4.60.